The maximum Gasteiger partial charge on any atom is 0.362 e. The first-order valence-corrected chi connectivity index (χ1v) is 23.3. The van der Waals surface area contributed by atoms with Crippen LogP contribution in [0.5, 0.6) is 0 Å². The number of aliphatic carboxylic acids is 1. The van der Waals surface area contributed by atoms with Crippen molar-refractivity contribution < 1.29 is 38.2 Å². The molecule has 0 amide bonds. The Balaban J connectivity index is 4.43. The maximum absolute atomic E-state index is 12.7. The Labute approximate surface area is 366 Å². The van der Waals surface area contributed by atoms with Gasteiger partial charge >= 0.3 is 17.9 Å². The van der Waals surface area contributed by atoms with Gasteiger partial charge in [-0.15, -0.1) is 0 Å². The molecule has 0 aliphatic heterocycles. The summed E-state index contributed by atoms with van der Waals surface area (Å²) in [4.78, 5) is 37.0. The predicted octanol–water partition coefficient (Wildman–Crippen LogP) is 13.1. The minimum absolute atomic E-state index is 0.0310. The highest BCUT2D eigenvalue weighted by atomic mass is 16.6. The summed E-state index contributed by atoms with van der Waals surface area (Å²) in [6, 6.07) is -0.631. The van der Waals surface area contributed by atoms with Gasteiger partial charge in [0.25, 0.3) is 0 Å². The van der Waals surface area contributed by atoms with Gasteiger partial charge in [0.2, 0.25) is 0 Å². The van der Waals surface area contributed by atoms with E-state index in [2.05, 4.69) is 111 Å². The van der Waals surface area contributed by atoms with Crippen LogP contribution in [0, 0.1) is 0 Å². The first kappa shape index (κ1) is 56.2. The van der Waals surface area contributed by atoms with Crippen LogP contribution in [-0.2, 0) is 28.6 Å². The zero-order valence-electron chi connectivity index (χ0n) is 38.6. The highest BCUT2D eigenvalue weighted by Crippen LogP contribution is 2.12. The van der Waals surface area contributed by atoms with E-state index in [4.69, 9.17) is 14.2 Å². The molecule has 0 bridgehead atoms. The summed E-state index contributed by atoms with van der Waals surface area (Å²) >= 11 is 0. The standard InChI is InChI=1S/C52H85NO7/c1-6-8-10-12-14-16-18-20-21-22-23-24-25-26-27-28-29-31-32-34-36-38-40-42-50(54)59-47-48(46-58-45-44-49(52(56)57)53(3,4)5)60-51(55)43-41-39-37-35-33-30-19-17-15-13-11-9-7-2/h8,10,14,16,20-21,23-24,26-27,29-31,33-34,36,48-49H,6-7,9,11-13,15,17-19,22,25,28,32,35,37-47H2,1-5H3/p+1/b10-8+,16-14+,21-20+,24-23+,27-26+,31-29+,33-30+,36-34+. The molecule has 0 fully saturated rings. The monoisotopic (exact) mass is 837 g/mol. The van der Waals surface area contributed by atoms with Gasteiger partial charge in [0, 0.05) is 19.3 Å². The molecule has 1 N–H and O–H groups in total. The number of ether oxygens (including phenoxy) is 3. The van der Waals surface area contributed by atoms with Crippen LogP contribution in [0.15, 0.2) is 97.2 Å². The Bertz CT molecular complexity index is 1300. The third kappa shape index (κ3) is 39.7. The first-order valence-electron chi connectivity index (χ1n) is 23.3. The molecule has 0 saturated carbocycles. The van der Waals surface area contributed by atoms with Crippen molar-refractivity contribution in [3.63, 3.8) is 0 Å². The van der Waals surface area contributed by atoms with Gasteiger partial charge in [-0.25, -0.2) is 4.79 Å². The normalized spacial score (nSPS) is 13.8. The van der Waals surface area contributed by atoms with Crippen LogP contribution >= 0.6 is 0 Å². The molecule has 2 unspecified atom stereocenters. The number of rotatable bonds is 40. The van der Waals surface area contributed by atoms with Crippen molar-refractivity contribution in [2.45, 2.75) is 174 Å². The quantitative estimate of drug-likeness (QED) is 0.0284. The number of carbonyl (C=O) groups excluding carboxylic acids is 2. The Kier molecular flexibility index (Phi) is 39.3. The second-order valence-corrected chi connectivity index (χ2v) is 16.3. The van der Waals surface area contributed by atoms with Gasteiger partial charge in [0.05, 0.1) is 34.4 Å². The summed E-state index contributed by atoms with van der Waals surface area (Å²) in [5.41, 5.74) is 0. The topological polar surface area (TPSA) is 99.1 Å². The molecule has 8 heteroatoms. The number of unbranched alkanes of at least 4 members (excludes halogenated alkanes) is 10. The number of esters is 2. The SMILES string of the molecule is CC/C=C/C/C=C/C/C=C/C/C=C/C/C=C/C/C=C/C/C=C/CCCC(=O)OCC(COCCC(C(=O)O)[N+](C)(C)C)OC(=O)CCCCC/C=C/CCCCCCCC. The molecular weight excluding hydrogens is 751 g/mol. The van der Waals surface area contributed by atoms with Gasteiger partial charge in [-0.05, 0) is 89.9 Å². The average molecular weight is 837 g/mol. The maximum atomic E-state index is 12.7. The lowest BCUT2D eigenvalue weighted by Crippen LogP contribution is -2.50. The molecule has 0 heterocycles. The lowest BCUT2D eigenvalue weighted by Gasteiger charge is -2.31. The molecule has 0 aliphatic rings. The minimum atomic E-state index is -0.889. The van der Waals surface area contributed by atoms with Crippen LogP contribution in [0.4, 0.5) is 0 Å². The summed E-state index contributed by atoms with van der Waals surface area (Å²) in [7, 11) is 5.49. The van der Waals surface area contributed by atoms with E-state index in [1.165, 1.54) is 38.5 Å². The zero-order chi connectivity index (χ0) is 44.2. The predicted molar refractivity (Wildman–Crippen MR) is 252 cm³/mol. The number of hydrogen-bond donors (Lipinski definition) is 1. The third-order valence-corrected chi connectivity index (χ3v) is 9.72. The van der Waals surface area contributed by atoms with Gasteiger partial charge < -0.3 is 23.8 Å². The molecule has 340 valence electrons. The number of likely N-dealkylation sites (N-methyl/N-ethyl adjacent to an activating group) is 1. The molecule has 60 heavy (non-hydrogen) atoms. The number of carboxylic acid groups (broad SMARTS) is 1. The van der Waals surface area contributed by atoms with Crippen molar-refractivity contribution in [1.29, 1.82) is 0 Å². The zero-order valence-corrected chi connectivity index (χ0v) is 38.6. The van der Waals surface area contributed by atoms with E-state index in [1.54, 1.807) is 0 Å². The molecule has 8 nitrogen and oxygen atoms in total. The molecule has 0 aromatic heterocycles. The molecule has 0 saturated heterocycles. The van der Waals surface area contributed by atoms with E-state index in [-0.39, 0.29) is 42.7 Å². The Hall–Kier alpha value is -3.75. The Morgan fingerprint density at radius 2 is 0.950 bits per heavy atom. The number of allylic oxidation sites excluding steroid dienone is 16. The second kappa shape index (κ2) is 42.0. The van der Waals surface area contributed by atoms with Gasteiger partial charge in [0.1, 0.15) is 6.61 Å². The summed E-state index contributed by atoms with van der Waals surface area (Å²) in [5, 5.41) is 9.62. The van der Waals surface area contributed by atoms with Crippen LogP contribution < -0.4 is 0 Å². The van der Waals surface area contributed by atoms with E-state index < -0.39 is 18.1 Å². The van der Waals surface area contributed by atoms with Crippen molar-refractivity contribution in [3.05, 3.63) is 97.2 Å². The van der Waals surface area contributed by atoms with Crippen LogP contribution in [0.3, 0.4) is 0 Å². The van der Waals surface area contributed by atoms with Crippen LogP contribution in [0.25, 0.3) is 0 Å². The van der Waals surface area contributed by atoms with Crippen molar-refractivity contribution >= 4 is 17.9 Å². The van der Waals surface area contributed by atoms with Crippen molar-refractivity contribution in [1.82, 2.24) is 0 Å². The molecule has 0 aromatic carbocycles. The highest BCUT2D eigenvalue weighted by molar-refractivity contribution is 5.72. The summed E-state index contributed by atoms with van der Waals surface area (Å²) < 4.78 is 17.2. The van der Waals surface area contributed by atoms with Gasteiger partial charge in [-0.1, -0.05) is 150 Å². The van der Waals surface area contributed by atoms with Gasteiger partial charge in [-0.2, -0.15) is 0 Å². The van der Waals surface area contributed by atoms with Crippen LogP contribution in [-0.4, -0.2) is 80.6 Å². The Morgan fingerprint density at radius 1 is 0.517 bits per heavy atom. The number of carboxylic acids is 1. The average Bonchev–Trinajstić information content (AvgIpc) is 3.21. The van der Waals surface area contributed by atoms with Gasteiger partial charge in [0.15, 0.2) is 12.1 Å². The molecule has 2 atom stereocenters. The smallest absolute Gasteiger partial charge is 0.362 e. The first-order chi connectivity index (χ1) is 29.1. The fourth-order valence-electron chi connectivity index (χ4n) is 6.13. The lowest BCUT2D eigenvalue weighted by atomic mass is 10.1. The molecule has 0 aromatic rings. The molecular formula is C52H86NO7+. The van der Waals surface area contributed by atoms with Gasteiger partial charge in [-0.3, -0.25) is 9.59 Å². The minimum Gasteiger partial charge on any atom is -0.477 e. The fraction of sp³-hybridized carbons (Fsp3) is 0.635. The van der Waals surface area contributed by atoms with Crippen LogP contribution in [0.2, 0.25) is 0 Å². The van der Waals surface area contributed by atoms with E-state index in [0.717, 1.165) is 83.5 Å². The van der Waals surface area contributed by atoms with Crippen molar-refractivity contribution in [2.75, 3.05) is 41.0 Å². The number of hydrogen-bond acceptors (Lipinski definition) is 6. The number of carbonyl (C=O) groups is 3. The Morgan fingerprint density at radius 3 is 1.45 bits per heavy atom. The number of nitrogens with zero attached hydrogens (tertiary/aromatic N) is 1. The molecule has 0 aliphatic carbocycles. The largest absolute Gasteiger partial charge is 0.477 e. The highest BCUT2D eigenvalue weighted by Gasteiger charge is 2.31. The molecule has 0 spiro atoms. The lowest BCUT2D eigenvalue weighted by molar-refractivity contribution is -0.887. The van der Waals surface area contributed by atoms with Crippen LogP contribution in [0.1, 0.15) is 162 Å². The van der Waals surface area contributed by atoms with E-state index in [0.29, 0.717) is 19.3 Å². The molecule has 0 radical (unpaired) electrons. The molecule has 0 rings (SSSR count). The van der Waals surface area contributed by atoms with E-state index in [9.17, 15) is 19.5 Å². The van der Waals surface area contributed by atoms with Crippen molar-refractivity contribution in [2.24, 2.45) is 0 Å². The summed E-state index contributed by atoms with van der Waals surface area (Å²) in [6.07, 6.45) is 56.1. The second-order valence-electron chi connectivity index (χ2n) is 16.3. The third-order valence-electron chi connectivity index (χ3n) is 9.72. The van der Waals surface area contributed by atoms with E-state index >= 15 is 0 Å². The summed E-state index contributed by atoms with van der Waals surface area (Å²) in [6.45, 7) is 4.52. The number of quaternary nitrogens is 1. The fourth-order valence-corrected chi connectivity index (χ4v) is 6.13. The van der Waals surface area contributed by atoms with Crippen molar-refractivity contribution in [3.8, 4) is 0 Å². The van der Waals surface area contributed by atoms with E-state index in [1.807, 2.05) is 21.1 Å². The summed E-state index contributed by atoms with van der Waals surface area (Å²) in [5.74, 6) is -1.58.